The molecule has 0 saturated heterocycles. The molecule has 1 aromatic rings. The van der Waals surface area contributed by atoms with E-state index in [4.69, 9.17) is 5.10 Å². The molecule has 4 bridgehead atoms. The Bertz CT molecular complexity index is 535. The molecule has 3 nitrogen and oxygen atoms in total. The van der Waals surface area contributed by atoms with Gasteiger partial charge in [0.1, 0.15) is 6.07 Å². The van der Waals surface area contributed by atoms with Crippen molar-refractivity contribution >= 4 is 0 Å². The summed E-state index contributed by atoms with van der Waals surface area (Å²) in [6.07, 6.45) is 7.09. The lowest BCUT2D eigenvalue weighted by Gasteiger charge is -2.54. The molecule has 4 fully saturated rings. The minimum Gasteiger partial charge on any atom is -0.265 e. The summed E-state index contributed by atoms with van der Waals surface area (Å²) in [5.41, 5.74) is 2.81. The summed E-state index contributed by atoms with van der Waals surface area (Å²) in [7, 11) is 0. The Morgan fingerprint density at radius 2 is 1.63 bits per heavy atom. The Labute approximate surface area is 114 Å². The summed E-state index contributed by atoms with van der Waals surface area (Å²) in [5.74, 6) is 3.62. The molecule has 0 atom stereocenters. The first kappa shape index (κ1) is 11.5. The van der Waals surface area contributed by atoms with Crippen molar-refractivity contribution in [3.05, 3.63) is 17.0 Å². The minimum absolute atomic E-state index is 0.577. The molecule has 4 aliphatic carbocycles. The molecule has 3 heteroatoms. The molecule has 19 heavy (non-hydrogen) atoms. The number of aryl methyl sites for hydroxylation is 1. The van der Waals surface area contributed by atoms with Gasteiger partial charge in [-0.15, -0.1) is 0 Å². The van der Waals surface area contributed by atoms with Gasteiger partial charge in [-0.1, -0.05) is 0 Å². The van der Waals surface area contributed by atoms with Crippen molar-refractivity contribution in [1.29, 1.82) is 5.26 Å². The molecule has 0 N–H and O–H groups in total. The van der Waals surface area contributed by atoms with Crippen LogP contribution in [0, 0.1) is 48.9 Å². The number of hydrogen-bond donors (Lipinski definition) is 0. The molecule has 4 aliphatic rings. The van der Waals surface area contributed by atoms with Crippen LogP contribution < -0.4 is 0 Å². The van der Waals surface area contributed by atoms with Gasteiger partial charge >= 0.3 is 0 Å². The second kappa shape index (κ2) is 3.85. The first-order chi connectivity index (χ1) is 9.17. The number of nitrogens with zero attached hydrogens (tertiary/aromatic N) is 3. The van der Waals surface area contributed by atoms with Crippen LogP contribution in [0.15, 0.2) is 0 Å². The van der Waals surface area contributed by atoms with Crippen LogP contribution in [-0.4, -0.2) is 9.78 Å². The van der Waals surface area contributed by atoms with Gasteiger partial charge in [0, 0.05) is 0 Å². The van der Waals surface area contributed by atoms with E-state index in [9.17, 15) is 5.26 Å². The molecule has 0 radical (unpaired) electrons. The lowest BCUT2D eigenvalue weighted by atomic mass is 9.54. The molecule has 1 heterocycles. The smallest absolute Gasteiger partial charge is 0.103 e. The van der Waals surface area contributed by atoms with Crippen LogP contribution in [0.2, 0.25) is 0 Å². The summed E-state index contributed by atoms with van der Waals surface area (Å²) < 4.78 is 2.22. The van der Waals surface area contributed by atoms with Gasteiger partial charge < -0.3 is 0 Å². The monoisotopic (exact) mass is 255 g/mol. The summed E-state index contributed by atoms with van der Waals surface area (Å²) >= 11 is 0. The average Bonchev–Trinajstić information content (AvgIpc) is 2.63. The fourth-order valence-corrected chi connectivity index (χ4v) is 5.41. The highest BCUT2D eigenvalue weighted by atomic mass is 15.3. The maximum absolute atomic E-state index is 9.26. The van der Waals surface area contributed by atoms with Gasteiger partial charge in [-0.2, -0.15) is 10.4 Å². The minimum atomic E-state index is 0.577. The highest BCUT2D eigenvalue weighted by Gasteiger charge is 2.49. The van der Waals surface area contributed by atoms with E-state index in [1.165, 1.54) is 32.1 Å². The number of rotatable bonds is 1. The maximum Gasteiger partial charge on any atom is 0.103 e. The number of hydrogen-bond acceptors (Lipinski definition) is 2. The van der Waals surface area contributed by atoms with Crippen LogP contribution in [0.3, 0.4) is 0 Å². The Morgan fingerprint density at radius 3 is 2.11 bits per heavy atom. The normalized spacial score (nSPS) is 39.5. The lowest BCUT2D eigenvalue weighted by Crippen LogP contribution is -2.46. The fraction of sp³-hybridized carbons (Fsp3) is 0.750. The highest BCUT2D eigenvalue weighted by molar-refractivity contribution is 5.37. The Balaban J connectivity index is 1.75. The van der Waals surface area contributed by atoms with E-state index in [-0.39, 0.29) is 0 Å². The molecule has 0 amide bonds. The van der Waals surface area contributed by atoms with Gasteiger partial charge in [0.25, 0.3) is 0 Å². The largest absolute Gasteiger partial charge is 0.265 e. The Kier molecular flexibility index (Phi) is 2.33. The third-order valence-electron chi connectivity index (χ3n) is 5.90. The van der Waals surface area contributed by atoms with Crippen molar-refractivity contribution in [2.45, 2.75) is 52.0 Å². The third kappa shape index (κ3) is 1.52. The molecule has 100 valence electrons. The van der Waals surface area contributed by atoms with Crippen LogP contribution in [0.4, 0.5) is 0 Å². The Hall–Kier alpha value is -1.30. The predicted molar refractivity (Wildman–Crippen MR) is 72.5 cm³/mol. The second-order valence-corrected chi connectivity index (χ2v) is 7.02. The van der Waals surface area contributed by atoms with Crippen molar-refractivity contribution in [3.63, 3.8) is 0 Å². The van der Waals surface area contributed by atoms with Crippen molar-refractivity contribution < 1.29 is 0 Å². The first-order valence-corrected chi connectivity index (χ1v) is 7.63. The molecule has 1 aromatic heterocycles. The summed E-state index contributed by atoms with van der Waals surface area (Å²) in [6.45, 7) is 4.04. The van der Waals surface area contributed by atoms with Gasteiger partial charge in [-0.05, 0) is 69.6 Å². The SMILES string of the molecule is Cc1nn(C2C3CC4CC(C3)CC2C4)c(C)c1C#N. The zero-order valence-electron chi connectivity index (χ0n) is 11.8. The van der Waals surface area contributed by atoms with Gasteiger partial charge in [0.05, 0.1) is 23.0 Å². The highest BCUT2D eigenvalue weighted by Crippen LogP contribution is 2.58. The van der Waals surface area contributed by atoms with Crippen LogP contribution in [0.25, 0.3) is 0 Å². The number of aromatic nitrogens is 2. The molecule has 0 spiro atoms. The van der Waals surface area contributed by atoms with Gasteiger partial charge in [0.2, 0.25) is 0 Å². The van der Waals surface area contributed by atoms with Crippen molar-refractivity contribution in [1.82, 2.24) is 9.78 Å². The molecule has 0 aliphatic heterocycles. The standard InChI is InChI=1S/C16H21N3/c1-9-15(8-17)10(2)19(18-9)16-13-4-11-3-12(6-13)7-14(16)5-11/h11-14,16H,3-7H2,1-2H3. The third-order valence-corrected chi connectivity index (χ3v) is 5.90. The average molecular weight is 255 g/mol. The molecule has 5 rings (SSSR count). The summed E-state index contributed by atoms with van der Waals surface area (Å²) in [6, 6.07) is 2.90. The molecular weight excluding hydrogens is 234 g/mol. The second-order valence-electron chi connectivity index (χ2n) is 7.02. The van der Waals surface area contributed by atoms with Gasteiger partial charge in [0.15, 0.2) is 0 Å². The van der Waals surface area contributed by atoms with Crippen LogP contribution >= 0.6 is 0 Å². The van der Waals surface area contributed by atoms with Gasteiger partial charge in [-0.3, -0.25) is 4.68 Å². The van der Waals surface area contributed by atoms with E-state index in [2.05, 4.69) is 17.7 Å². The summed E-state index contributed by atoms with van der Waals surface area (Å²) in [4.78, 5) is 0. The van der Waals surface area contributed by atoms with E-state index >= 15 is 0 Å². The predicted octanol–water partition coefficient (Wildman–Crippen LogP) is 3.37. The van der Waals surface area contributed by atoms with Gasteiger partial charge in [-0.25, -0.2) is 0 Å². The summed E-state index contributed by atoms with van der Waals surface area (Å²) in [5, 5.41) is 14.0. The van der Waals surface area contributed by atoms with Crippen LogP contribution in [0.5, 0.6) is 0 Å². The molecule has 0 aromatic carbocycles. The van der Waals surface area contributed by atoms with Crippen molar-refractivity contribution in [2.24, 2.45) is 23.7 Å². The zero-order chi connectivity index (χ0) is 13.1. The van der Waals surface area contributed by atoms with Crippen LogP contribution in [-0.2, 0) is 0 Å². The maximum atomic E-state index is 9.26. The van der Waals surface area contributed by atoms with E-state index in [1.54, 1.807) is 0 Å². The fourth-order valence-electron chi connectivity index (χ4n) is 5.41. The van der Waals surface area contributed by atoms with E-state index in [1.807, 2.05) is 6.92 Å². The van der Waals surface area contributed by atoms with E-state index in [0.717, 1.165) is 40.6 Å². The van der Waals surface area contributed by atoms with E-state index < -0.39 is 0 Å². The quantitative estimate of drug-likeness (QED) is 0.772. The van der Waals surface area contributed by atoms with Crippen LogP contribution in [0.1, 0.15) is 55.1 Å². The molecule has 0 unspecified atom stereocenters. The zero-order valence-corrected chi connectivity index (χ0v) is 11.8. The Morgan fingerprint density at radius 1 is 1.05 bits per heavy atom. The number of nitriles is 1. The molecular formula is C16H21N3. The first-order valence-electron chi connectivity index (χ1n) is 7.63. The molecule has 4 saturated carbocycles. The van der Waals surface area contributed by atoms with E-state index in [0.29, 0.717) is 6.04 Å². The van der Waals surface area contributed by atoms with Crippen molar-refractivity contribution in [3.8, 4) is 6.07 Å². The topological polar surface area (TPSA) is 41.6 Å². The lowest BCUT2D eigenvalue weighted by molar-refractivity contribution is -0.0344. The van der Waals surface area contributed by atoms with Crippen molar-refractivity contribution in [2.75, 3.05) is 0 Å².